The Labute approximate surface area is 99.8 Å². The summed E-state index contributed by atoms with van der Waals surface area (Å²) >= 11 is 0. The number of rotatable bonds is 4. The minimum absolute atomic E-state index is 0.676. The van der Waals surface area contributed by atoms with E-state index in [1.54, 1.807) is 4.68 Å². The molecule has 90 valence electrons. The summed E-state index contributed by atoms with van der Waals surface area (Å²) in [5, 5.41) is 7.77. The molecule has 0 spiro atoms. The lowest BCUT2D eigenvalue weighted by Gasteiger charge is -2.01. The maximum atomic E-state index is 5.49. The van der Waals surface area contributed by atoms with Crippen molar-refractivity contribution in [1.29, 1.82) is 0 Å². The van der Waals surface area contributed by atoms with Gasteiger partial charge in [0.2, 0.25) is 0 Å². The highest BCUT2D eigenvalue weighted by Crippen LogP contribution is 2.26. The van der Waals surface area contributed by atoms with Crippen LogP contribution in [0.15, 0.2) is 17.0 Å². The van der Waals surface area contributed by atoms with Crippen LogP contribution in [-0.4, -0.2) is 20.8 Å². The van der Waals surface area contributed by atoms with Crippen LogP contribution in [0.4, 0.5) is 0 Å². The van der Waals surface area contributed by atoms with Crippen LogP contribution in [0.5, 0.6) is 0 Å². The first-order valence-corrected chi connectivity index (χ1v) is 5.90. The van der Waals surface area contributed by atoms with Crippen molar-refractivity contribution in [2.45, 2.75) is 32.4 Å². The second kappa shape index (κ2) is 4.00. The number of hydrogen-bond donors (Lipinski definition) is 1. The molecule has 0 saturated heterocycles. The SMILES string of the molecule is Cc1nn(C)cc1-c1ocnc1CNC1CC1. The van der Waals surface area contributed by atoms with Crippen LogP contribution < -0.4 is 5.32 Å². The molecule has 1 N–H and O–H groups in total. The van der Waals surface area contributed by atoms with Crippen LogP contribution in [0.3, 0.4) is 0 Å². The molecule has 1 fully saturated rings. The Kier molecular flexibility index (Phi) is 2.48. The lowest BCUT2D eigenvalue weighted by molar-refractivity contribution is 0.569. The highest BCUT2D eigenvalue weighted by molar-refractivity contribution is 5.61. The first-order valence-electron chi connectivity index (χ1n) is 5.90. The third-order valence-corrected chi connectivity index (χ3v) is 3.03. The van der Waals surface area contributed by atoms with Gasteiger partial charge in [-0.2, -0.15) is 5.10 Å². The molecule has 0 bridgehead atoms. The van der Waals surface area contributed by atoms with Crippen LogP contribution in [0.1, 0.15) is 24.2 Å². The molecular weight excluding hydrogens is 216 g/mol. The van der Waals surface area contributed by atoms with E-state index >= 15 is 0 Å². The molecule has 0 amide bonds. The van der Waals surface area contributed by atoms with Crippen molar-refractivity contribution >= 4 is 0 Å². The van der Waals surface area contributed by atoms with E-state index in [0.29, 0.717) is 6.04 Å². The van der Waals surface area contributed by atoms with Crippen molar-refractivity contribution < 1.29 is 4.42 Å². The Morgan fingerprint density at radius 3 is 3.00 bits per heavy atom. The predicted molar refractivity (Wildman–Crippen MR) is 63.3 cm³/mol. The van der Waals surface area contributed by atoms with Gasteiger partial charge in [-0.25, -0.2) is 4.98 Å². The maximum absolute atomic E-state index is 5.49. The first-order chi connectivity index (χ1) is 8.24. The van der Waals surface area contributed by atoms with Crippen molar-refractivity contribution in [2.75, 3.05) is 0 Å². The van der Waals surface area contributed by atoms with E-state index in [1.165, 1.54) is 19.2 Å². The molecule has 0 unspecified atom stereocenters. The number of aryl methyl sites for hydroxylation is 2. The summed E-state index contributed by atoms with van der Waals surface area (Å²) in [6.45, 7) is 2.75. The molecular formula is C12H16N4O. The molecule has 1 aliphatic rings. The topological polar surface area (TPSA) is 55.9 Å². The molecule has 5 heteroatoms. The van der Waals surface area contributed by atoms with Crippen molar-refractivity contribution in [2.24, 2.45) is 7.05 Å². The third kappa shape index (κ3) is 2.10. The Balaban J connectivity index is 1.86. The molecule has 0 atom stereocenters. The highest BCUT2D eigenvalue weighted by atomic mass is 16.3. The zero-order valence-electron chi connectivity index (χ0n) is 10.1. The molecule has 1 saturated carbocycles. The first kappa shape index (κ1) is 10.5. The van der Waals surface area contributed by atoms with Gasteiger partial charge in [-0.15, -0.1) is 0 Å². The zero-order chi connectivity index (χ0) is 11.8. The van der Waals surface area contributed by atoms with E-state index in [4.69, 9.17) is 4.42 Å². The molecule has 2 heterocycles. The molecule has 0 aromatic carbocycles. The quantitative estimate of drug-likeness (QED) is 0.870. The number of aromatic nitrogens is 3. The number of hydrogen-bond acceptors (Lipinski definition) is 4. The van der Waals surface area contributed by atoms with Gasteiger partial charge in [-0.05, 0) is 19.8 Å². The van der Waals surface area contributed by atoms with Crippen LogP contribution in [0, 0.1) is 6.92 Å². The van der Waals surface area contributed by atoms with E-state index in [1.807, 2.05) is 20.2 Å². The van der Waals surface area contributed by atoms with Gasteiger partial charge in [0, 0.05) is 25.8 Å². The van der Waals surface area contributed by atoms with E-state index < -0.39 is 0 Å². The van der Waals surface area contributed by atoms with E-state index in [-0.39, 0.29) is 0 Å². The largest absolute Gasteiger partial charge is 0.443 e. The number of nitrogens with zero attached hydrogens (tertiary/aromatic N) is 3. The van der Waals surface area contributed by atoms with Gasteiger partial charge in [0.25, 0.3) is 0 Å². The molecule has 17 heavy (non-hydrogen) atoms. The summed E-state index contributed by atoms with van der Waals surface area (Å²) in [6.07, 6.45) is 6.03. The van der Waals surface area contributed by atoms with Gasteiger partial charge in [-0.1, -0.05) is 0 Å². The van der Waals surface area contributed by atoms with Crippen molar-refractivity contribution in [1.82, 2.24) is 20.1 Å². The summed E-state index contributed by atoms with van der Waals surface area (Å²) < 4.78 is 7.29. The summed E-state index contributed by atoms with van der Waals surface area (Å²) in [7, 11) is 1.91. The average molecular weight is 232 g/mol. The lowest BCUT2D eigenvalue weighted by atomic mass is 10.1. The van der Waals surface area contributed by atoms with Crippen LogP contribution in [-0.2, 0) is 13.6 Å². The molecule has 2 aromatic heterocycles. The van der Waals surface area contributed by atoms with E-state index in [0.717, 1.165) is 29.3 Å². The monoisotopic (exact) mass is 232 g/mol. The predicted octanol–water partition coefficient (Wildman–Crippen LogP) is 1.64. The summed E-state index contributed by atoms with van der Waals surface area (Å²) in [6, 6.07) is 0.676. The fraction of sp³-hybridized carbons (Fsp3) is 0.500. The van der Waals surface area contributed by atoms with Crippen molar-refractivity contribution in [3.63, 3.8) is 0 Å². The Bertz CT molecular complexity index is 524. The Morgan fingerprint density at radius 1 is 1.53 bits per heavy atom. The molecule has 1 aliphatic carbocycles. The summed E-state index contributed by atoms with van der Waals surface area (Å²) in [5.74, 6) is 0.837. The van der Waals surface area contributed by atoms with Gasteiger partial charge in [0.15, 0.2) is 12.2 Å². The molecule has 0 radical (unpaired) electrons. The highest BCUT2D eigenvalue weighted by Gasteiger charge is 2.22. The van der Waals surface area contributed by atoms with Gasteiger partial charge in [0.1, 0.15) is 5.69 Å². The minimum Gasteiger partial charge on any atom is -0.443 e. The van der Waals surface area contributed by atoms with Crippen LogP contribution in [0.2, 0.25) is 0 Å². The number of oxazole rings is 1. The van der Waals surface area contributed by atoms with Crippen LogP contribution >= 0.6 is 0 Å². The second-order valence-corrected chi connectivity index (χ2v) is 4.59. The van der Waals surface area contributed by atoms with Gasteiger partial charge >= 0.3 is 0 Å². The van der Waals surface area contributed by atoms with Gasteiger partial charge in [0.05, 0.1) is 11.3 Å². The fourth-order valence-corrected chi connectivity index (χ4v) is 1.97. The zero-order valence-corrected chi connectivity index (χ0v) is 10.1. The standard InChI is InChI=1S/C12H16N4O/c1-8-10(6-16(2)15-8)12-11(14-7-17-12)5-13-9-3-4-9/h6-7,9,13H,3-5H2,1-2H3. The van der Waals surface area contributed by atoms with E-state index in [9.17, 15) is 0 Å². The molecule has 3 rings (SSSR count). The summed E-state index contributed by atoms with van der Waals surface area (Å²) in [4.78, 5) is 4.28. The van der Waals surface area contributed by atoms with Crippen molar-refractivity contribution in [3.05, 3.63) is 24.0 Å². The third-order valence-electron chi connectivity index (χ3n) is 3.03. The Hall–Kier alpha value is -1.62. The van der Waals surface area contributed by atoms with Gasteiger partial charge < -0.3 is 9.73 Å². The smallest absolute Gasteiger partial charge is 0.181 e. The van der Waals surface area contributed by atoms with Crippen molar-refractivity contribution in [3.8, 4) is 11.3 Å². The molecule has 5 nitrogen and oxygen atoms in total. The Morgan fingerprint density at radius 2 is 2.35 bits per heavy atom. The molecule has 2 aromatic rings. The maximum Gasteiger partial charge on any atom is 0.181 e. The number of nitrogens with one attached hydrogen (secondary N) is 1. The van der Waals surface area contributed by atoms with Gasteiger partial charge in [-0.3, -0.25) is 4.68 Å². The minimum atomic E-state index is 0.676. The van der Waals surface area contributed by atoms with Crippen LogP contribution in [0.25, 0.3) is 11.3 Å². The van der Waals surface area contributed by atoms with E-state index in [2.05, 4.69) is 15.4 Å². The fourth-order valence-electron chi connectivity index (χ4n) is 1.97. The summed E-state index contributed by atoms with van der Waals surface area (Å²) in [5.41, 5.74) is 2.96. The second-order valence-electron chi connectivity index (χ2n) is 4.59. The average Bonchev–Trinajstić information content (AvgIpc) is 2.91. The normalized spacial score (nSPS) is 15.4. The molecule has 0 aliphatic heterocycles. The lowest BCUT2D eigenvalue weighted by Crippen LogP contribution is -2.16.